The lowest BCUT2D eigenvalue weighted by Crippen LogP contribution is -2.47. The molecule has 11 heteroatoms. The van der Waals surface area contributed by atoms with E-state index in [-0.39, 0.29) is 31.4 Å². The summed E-state index contributed by atoms with van der Waals surface area (Å²) in [6.45, 7) is 2.79. The molecule has 1 aliphatic carbocycles. The minimum absolute atomic E-state index is 0.00483. The van der Waals surface area contributed by atoms with E-state index in [4.69, 9.17) is 58.5 Å². The molecular weight excluding hydrogens is 663 g/mol. The predicted octanol–water partition coefficient (Wildman–Crippen LogP) is 7.22. The number of halogens is 3. The minimum Gasteiger partial charge on any atom is -0.490 e. The number of hydrogen-bond donors (Lipinski definition) is 1. The number of para-hydroxylation sites is 1. The van der Waals surface area contributed by atoms with Crippen molar-refractivity contribution in [1.82, 2.24) is 10.2 Å². The maximum atomic E-state index is 14.6. The van der Waals surface area contributed by atoms with Gasteiger partial charge in [0.2, 0.25) is 0 Å². The quantitative estimate of drug-likeness (QED) is 0.118. The molecule has 5 rings (SSSR count). The molecule has 1 fully saturated rings. The summed E-state index contributed by atoms with van der Waals surface area (Å²) in [5.41, 5.74) is 4.73. The highest BCUT2D eigenvalue weighted by Gasteiger charge is 2.38. The van der Waals surface area contributed by atoms with E-state index in [1.807, 2.05) is 41.3 Å². The van der Waals surface area contributed by atoms with Gasteiger partial charge in [-0.3, -0.25) is 4.79 Å². The lowest BCUT2D eigenvalue weighted by molar-refractivity contribution is -0.129. The molecule has 1 saturated carbocycles. The lowest BCUT2D eigenvalue weighted by atomic mass is 9.88. The SMILES string of the molecule is COCCc1ccc(Cl)c(CN(C(=O)C2=C(c3ccc(OCCOc4c(Cl)cccc4Cl)cc3)CCNC2COCOC)C2CC2)c1. The second-order valence-electron chi connectivity index (χ2n) is 11.5. The van der Waals surface area contributed by atoms with Crippen molar-refractivity contribution in [2.24, 2.45) is 0 Å². The minimum atomic E-state index is -0.295. The highest BCUT2D eigenvalue weighted by molar-refractivity contribution is 6.37. The van der Waals surface area contributed by atoms with Crippen molar-refractivity contribution in [1.29, 1.82) is 0 Å². The van der Waals surface area contributed by atoms with Crippen molar-refractivity contribution < 1.29 is 28.5 Å². The summed E-state index contributed by atoms with van der Waals surface area (Å²) >= 11 is 19.1. The second kappa shape index (κ2) is 17.5. The van der Waals surface area contributed by atoms with Crippen LogP contribution in [0.15, 0.2) is 66.2 Å². The van der Waals surface area contributed by atoms with Crippen LogP contribution in [0, 0.1) is 0 Å². The Morgan fingerprint density at radius 3 is 2.34 bits per heavy atom. The predicted molar refractivity (Wildman–Crippen MR) is 186 cm³/mol. The molecule has 3 aromatic carbocycles. The Morgan fingerprint density at radius 2 is 1.64 bits per heavy atom. The third-order valence-corrected chi connectivity index (χ3v) is 9.13. The van der Waals surface area contributed by atoms with Crippen molar-refractivity contribution in [3.63, 3.8) is 0 Å². The third-order valence-electron chi connectivity index (χ3n) is 8.17. The van der Waals surface area contributed by atoms with Crippen LogP contribution in [0.2, 0.25) is 15.1 Å². The summed E-state index contributed by atoms with van der Waals surface area (Å²) in [6.07, 6.45) is 3.40. The van der Waals surface area contributed by atoms with E-state index in [9.17, 15) is 4.79 Å². The number of nitrogens with one attached hydrogen (secondary N) is 1. The molecule has 0 bridgehead atoms. The maximum Gasteiger partial charge on any atom is 0.252 e. The topological polar surface area (TPSA) is 78.5 Å². The molecule has 3 aromatic rings. The average molecular weight is 704 g/mol. The smallest absolute Gasteiger partial charge is 0.252 e. The molecule has 1 aliphatic heterocycles. The monoisotopic (exact) mass is 702 g/mol. The zero-order valence-corrected chi connectivity index (χ0v) is 29.0. The van der Waals surface area contributed by atoms with E-state index in [1.54, 1.807) is 32.4 Å². The van der Waals surface area contributed by atoms with Crippen LogP contribution in [0.4, 0.5) is 0 Å². The fraction of sp³-hybridized carbons (Fsp3) is 0.417. The molecule has 0 spiro atoms. The number of carbonyl (C=O) groups is 1. The van der Waals surface area contributed by atoms with Crippen LogP contribution in [0.5, 0.6) is 11.5 Å². The number of ether oxygens (including phenoxy) is 5. The van der Waals surface area contributed by atoms with Crippen LogP contribution in [-0.2, 0) is 32.0 Å². The summed E-state index contributed by atoms with van der Waals surface area (Å²) in [5.74, 6) is 1.12. The Hall–Kier alpha value is -2.82. The second-order valence-corrected chi connectivity index (χ2v) is 12.8. The molecule has 8 nitrogen and oxygen atoms in total. The molecule has 2 aliphatic rings. The van der Waals surface area contributed by atoms with E-state index < -0.39 is 0 Å². The van der Waals surface area contributed by atoms with Crippen LogP contribution in [0.3, 0.4) is 0 Å². The molecule has 0 aromatic heterocycles. The molecule has 1 heterocycles. The molecular formula is C36H41Cl3N2O6. The van der Waals surface area contributed by atoms with E-state index in [0.717, 1.165) is 41.5 Å². The fourth-order valence-electron chi connectivity index (χ4n) is 5.68. The van der Waals surface area contributed by atoms with Gasteiger partial charge in [-0.05, 0) is 84.8 Å². The molecule has 0 saturated heterocycles. The van der Waals surface area contributed by atoms with Crippen LogP contribution in [-0.4, -0.2) is 76.9 Å². The first-order chi connectivity index (χ1) is 22.9. The molecule has 47 heavy (non-hydrogen) atoms. The van der Waals surface area contributed by atoms with Gasteiger partial charge in [-0.25, -0.2) is 0 Å². The van der Waals surface area contributed by atoms with Crippen molar-refractivity contribution in [3.05, 3.63) is 98.0 Å². The Labute approximate surface area is 291 Å². The summed E-state index contributed by atoms with van der Waals surface area (Å²) in [5, 5.41) is 5.07. The van der Waals surface area contributed by atoms with Crippen LogP contribution >= 0.6 is 34.8 Å². The number of carbonyl (C=O) groups excluding carboxylic acids is 1. The zero-order chi connectivity index (χ0) is 33.2. The van der Waals surface area contributed by atoms with Gasteiger partial charge in [-0.2, -0.15) is 0 Å². The summed E-state index contributed by atoms with van der Waals surface area (Å²) in [7, 11) is 3.28. The average Bonchev–Trinajstić information content (AvgIpc) is 3.92. The summed E-state index contributed by atoms with van der Waals surface area (Å²) in [4.78, 5) is 16.6. The summed E-state index contributed by atoms with van der Waals surface area (Å²) in [6, 6.07) is 18.9. The molecule has 1 amide bonds. The Bertz CT molecular complexity index is 1510. The van der Waals surface area contributed by atoms with Crippen molar-refractivity contribution in [2.45, 2.75) is 44.3 Å². The number of hydrogen-bond acceptors (Lipinski definition) is 7. The van der Waals surface area contributed by atoms with Crippen molar-refractivity contribution in [3.8, 4) is 11.5 Å². The molecule has 1 atom stereocenters. The molecule has 1 N–H and O–H groups in total. The molecule has 0 radical (unpaired) electrons. The van der Waals surface area contributed by atoms with Gasteiger partial charge >= 0.3 is 0 Å². The standard InChI is InChI=1S/C36H41Cl3N2O6/c1-43-17-15-24-6-13-30(37)26(20-24)21-41(27-9-10-27)36(42)34-29(14-16-40-33(34)22-45-23-44-2)25-7-11-28(12-8-25)46-18-19-47-35-31(38)4-3-5-32(35)39/h3-8,11-13,20,27,33,40H,9-10,14-19,21-23H2,1-2H3. The van der Waals surface area contributed by atoms with E-state index >= 15 is 0 Å². The number of rotatable bonds is 17. The van der Waals surface area contributed by atoms with Gasteiger partial charge in [0.15, 0.2) is 5.75 Å². The van der Waals surface area contributed by atoms with Gasteiger partial charge in [0.05, 0.1) is 29.3 Å². The van der Waals surface area contributed by atoms with Gasteiger partial charge in [0, 0.05) is 37.4 Å². The van der Waals surface area contributed by atoms with Gasteiger partial charge in [-0.1, -0.05) is 65.1 Å². The molecule has 252 valence electrons. The van der Waals surface area contributed by atoms with Gasteiger partial charge in [0.1, 0.15) is 25.8 Å². The van der Waals surface area contributed by atoms with Crippen molar-refractivity contribution >= 4 is 46.3 Å². The number of methoxy groups -OCH3 is 2. The van der Waals surface area contributed by atoms with Crippen LogP contribution < -0.4 is 14.8 Å². The van der Waals surface area contributed by atoms with E-state index in [2.05, 4.69) is 11.4 Å². The summed E-state index contributed by atoms with van der Waals surface area (Å²) < 4.78 is 27.9. The highest BCUT2D eigenvalue weighted by atomic mass is 35.5. The first-order valence-electron chi connectivity index (χ1n) is 15.8. The number of benzene rings is 3. The Morgan fingerprint density at radius 1 is 0.894 bits per heavy atom. The number of amides is 1. The van der Waals surface area contributed by atoms with Crippen LogP contribution in [0.25, 0.3) is 5.57 Å². The van der Waals surface area contributed by atoms with Gasteiger partial charge in [0.25, 0.3) is 5.91 Å². The largest absolute Gasteiger partial charge is 0.490 e. The normalized spacial score (nSPS) is 16.3. The van der Waals surface area contributed by atoms with Gasteiger partial charge < -0.3 is 33.9 Å². The molecule has 1 unspecified atom stereocenters. The Kier molecular flexibility index (Phi) is 13.2. The van der Waals surface area contributed by atoms with Crippen molar-refractivity contribution in [2.75, 3.05) is 54.0 Å². The first-order valence-corrected chi connectivity index (χ1v) is 16.9. The van der Waals surface area contributed by atoms with Gasteiger partial charge in [-0.15, -0.1) is 0 Å². The third kappa shape index (κ3) is 9.63. The van der Waals surface area contributed by atoms with Crippen LogP contribution in [0.1, 0.15) is 36.0 Å². The lowest BCUT2D eigenvalue weighted by Gasteiger charge is -2.33. The highest BCUT2D eigenvalue weighted by Crippen LogP contribution is 2.36. The van der Waals surface area contributed by atoms with E-state index in [0.29, 0.717) is 71.5 Å². The Balaban J connectivity index is 1.35. The number of nitrogens with zero attached hydrogens (tertiary/aromatic N) is 1. The van der Waals surface area contributed by atoms with E-state index in [1.165, 1.54) is 0 Å². The first kappa shape index (κ1) is 35.5. The zero-order valence-electron chi connectivity index (χ0n) is 26.7. The maximum absolute atomic E-state index is 14.6. The fourth-order valence-corrected chi connectivity index (χ4v) is 6.36.